The van der Waals surface area contributed by atoms with Gasteiger partial charge in [0.2, 0.25) is 0 Å². The zero-order chi connectivity index (χ0) is 18.4. The lowest BCUT2D eigenvalue weighted by Crippen LogP contribution is -2.46. The predicted octanol–water partition coefficient (Wildman–Crippen LogP) is 1.05. The van der Waals surface area contributed by atoms with Crippen LogP contribution in [0.15, 0.2) is 18.5 Å². The second kappa shape index (κ2) is 5.98. The molecule has 0 spiro atoms. The van der Waals surface area contributed by atoms with E-state index in [2.05, 4.69) is 15.3 Å². The number of sulfone groups is 1. The summed E-state index contributed by atoms with van der Waals surface area (Å²) in [6, 6.07) is 1.20. The van der Waals surface area contributed by atoms with Gasteiger partial charge in [-0.2, -0.15) is 10.2 Å². The lowest BCUT2D eigenvalue weighted by Gasteiger charge is -2.34. The van der Waals surface area contributed by atoms with Gasteiger partial charge in [-0.05, 0) is 6.07 Å². The van der Waals surface area contributed by atoms with Crippen LogP contribution in [0.1, 0.15) is 48.6 Å². The van der Waals surface area contributed by atoms with E-state index in [1.54, 1.807) is 35.1 Å². The fraction of sp³-hybridized carbons (Fsp3) is 0.562. The standard InChI is InChI=1S/C16H23N5O3S/c1-16(2,3)14-7-12(18-19-14)15(22)21-5-6-25(23,24)10-13(21)11-8-17-20(4)9-11/h7-9,13H,5-6,10H2,1-4H3,(H,18,19). The lowest BCUT2D eigenvalue weighted by atomic mass is 9.92. The molecule has 0 aliphatic carbocycles. The van der Waals surface area contributed by atoms with Gasteiger partial charge >= 0.3 is 0 Å². The van der Waals surface area contributed by atoms with Crippen LogP contribution in [0.25, 0.3) is 0 Å². The summed E-state index contributed by atoms with van der Waals surface area (Å²) in [6.45, 7) is 6.24. The minimum Gasteiger partial charge on any atom is -0.328 e. The maximum Gasteiger partial charge on any atom is 0.274 e. The van der Waals surface area contributed by atoms with Crippen molar-refractivity contribution in [2.24, 2.45) is 7.05 Å². The minimum absolute atomic E-state index is 0.0357. The van der Waals surface area contributed by atoms with Crippen LogP contribution in [0, 0.1) is 0 Å². The van der Waals surface area contributed by atoms with Gasteiger partial charge in [0.05, 0.1) is 23.7 Å². The van der Waals surface area contributed by atoms with Gasteiger partial charge in [-0.3, -0.25) is 14.6 Å². The first-order chi connectivity index (χ1) is 11.6. The van der Waals surface area contributed by atoms with E-state index in [0.29, 0.717) is 11.3 Å². The van der Waals surface area contributed by atoms with Crippen LogP contribution in [0.3, 0.4) is 0 Å². The van der Waals surface area contributed by atoms with E-state index in [-0.39, 0.29) is 29.4 Å². The first-order valence-electron chi connectivity index (χ1n) is 8.13. The van der Waals surface area contributed by atoms with Gasteiger partial charge in [0.25, 0.3) is 5.91 Å². The molecule has 1 atom stereocenters. The summed E-state index contributed by atoms with van der Waals surface area (Å²) in [5, 5.41) is 11.2. The zero-order valence-corrected chi connectivity index (χ0v) is 15.7. The highest BCUT2D eigenvalue weighted by Gasteiger charge is 2.37. The van der Waals surface area contributed by atoms with Crippen LogP contribution in [0.2, 0.25) is 0 Å². The molecular formula is C16H23N5O3S. The van der Waals surface area contributed by atoms with Crippen molar-refractivity contribution >= 4 is 15.7 Å². The SMILES string of the molecule is Cn1cc(C2CS(=O)(=O)CCN2C(=O)c2cc(C(C)(C)C)[nH]n2)cn1. The zero-order valence-electron chi connectivity index (χ0n) is 14.9. The maximum absolute atomic E-state index is 13.0. The third-order valence-corrected chi connectivity index (χ3v) is 6.03. The molecule has 1 unspecified atom stereocenters. The van der Waals surface area contributed by atoms with Crippen LogP contribution in [0.5, 0.6) is 0 Å². The smallest absolute Gasteiger partial charge is 0.274 e. The van der Waals surface area contributed by atoms with Crippen LogP contribution < -0.4 is 0 Å². The molecule has 25 heavy (non-hydrogen) atoms. The molecule has 0 saturated carbocycles. The summed E-state index contributed by atoms with van der Waals surface area (Å²) in [4.78, 5) is 14.5. The number of aromatic amines is 1. The van der Waals surface area contributed by atoms with Gasteiger partial charge in [-0.25, -0.2) is 8.42 Å². The largest absolute Gasteiger partial charge is 0.328 e. The number of rotatable bonds is 2. The van der Waals surface area contributed by atoms with Crippen LogP contribution in [-0.4, -0.2) is 57.3 Å². The molecule has 2 aromatic rings. The Morgan fingerprint density at radius 3 is 2.64 bits per heavy atom. The van der Waals surface area contributed by atoms with Crippen molar-refractivity contribution < 1.29 is 13.2 Å². The third-order valence-electron chi connectivity index (χ3n) is 4.41. The van der Waals surface area contributed by atoms with Gasteiger partial charge < -0.3 is 4.90 Å². The Morgan fingerprint density at radius 2 is 2.08 bits per heavy atom. The monoisotopic (exact) mass is 365 g/mol. The Morgan fingerprint density at radius 1 is 1.36 bits per heavy atom. The molecule has 8 nitrogen and oxygen atoms in total. The Kier molecular flexibility index (Phi) is 4.22. The normalized spacial score (nSPS) is 20.6. The fourth-order valence-electron chi connectivity index (χ4n) is 2.90. The molecule has 3 heterocycles. The molecule has 9 heteroatoms. The molecule has 0 radical (unpaired) electrons. The molecule has 1 aliphatic rings. The predicted molar refractivity (Wildman–Crippen MR) is 92.9 cm³/mol. The van der Waals surface area contributed by atoms with Crippen molar-refractivity contribution in [3.63, 3.8) is 0 Å². The highest BCUT2D eigenvalue weighted by Crippen LogP contribution is 2.28. The Bertz CT molecular complexity index is 891. The van der Waals surface area contributed by atoms with Gasteiger partial charge in [0.15, 0.2) is 9.84 Å². The average Bonchev–Trinajstić information content (AvgIpc) is 3.14. The number of aromatic nitrogens is 4. The van der Waals surface area contributed by atoms with Gasteiger partial charge in [-0.15, -0.1) is 0 Å². The highest BCUT2D eigenvalue weighted by molar-refractivity contribution is 7.91. The van der Waals surface area contributed by atoms with E-state index in [0.717, 1.165) is 5.69 Å². The summed E-state index contributed by atoms with van der Waals surface area (Å²) in [5.41, 5.74) is 1.72. The molecule has 2 aromatic heterocycles. The average molecular weight is 365 g/mol. The number of carbonyl (C=O) groups is 1. The molecule has 1 aliphatic heterocycles. The molecule has 1 N–H and O–H groups in total. The number of H-pyrrole nitrogens is 1. The molecule has 1 amide bonds. The van der Waals surface area contributed by atoms with Crippen LogP contribution in [0.4, 0.5) is 0 Å². The summed E-state index contributed by atoms with van der Waals surface area (Å²) in [5.74, 6) is -0.400. The van der Waals surface area contributed by atoms with Crippen LogP contribution >= 0.6 is 0 Å². The van der Waals surface area contributed by atoms with E-state index >= 15 is 0 Å². The topological polar surface area (TPSA) is 101 Å². The maximum atomic E-state index is 13.0. The van der Waals surface area contributed by atoms with Crippen molar-refractivity contribution in [3.8, 4) is 0 Å². The molecule has 3 rings (SSSR count). The second-order valence-electron chi connectivity index (χ2n) is 7.49. The van der Waals surface area contributed by atoms with E-state index in [1.165, 1.54) is 0 Å². The van der Waals surface area contributed by atoms with Crippen molar-refractivity contribution in [3.05, 3.63) is 35.4 Å². The second-order valence-corrected chi connectivity index (χ2v) is 9.72. The van der Waals surface area contributed by atoms with Crippen molar-refractivity contribution in [1.82, 2.24) is 24.9 Å². The summed E-state index contributed by atoms with van der Waals surface area (Å²) in [6.07, 6.45) is 3.35. The Hall–Kier alpha value is -2.16. The number of carbonyl (C=O) groups excluding carboxylic acids is 1. The van der Waals surface area contributed by atoms with Gasteiger partial charge in [0.1, 0.15) is 5.69 Å². The van der Waals surface area contributed by atoms with Crippen LogP contribution in [-0.2, 0) is 22.3 Å². The number of aryl methyl sites for hydroxylation is 1. The third kappa shape index (κ3) is 3.60. The summed E-state index contributed by atoms with van der Waals surface area (Å²) >= 11 is 0. The van der Waals surface area contributed by atoms with Crippen molar-refractivity contribution in [1.29, 1.82) is 0 Å². The molecular weight excluding hydrogens is 342 g/mol. The molecule has 136 valence electrons. The van der Waals surface area contributed by atoms with E-state index < -0.39 is 15.9 Å². The van der Waals surface area contributed by atoms with Gasteiger partial charge in [-0.1, -0.05) is 20.8 Å². The Balaban J connectivity index is 1.93. The lowest BCUT2D eigenvalue weighted by molar-refractivity contribution is 0.0691. The highest BCUT2D eigenvalue weighted by atomic mass is 32.2. The first-order valence-corrected chi connectivity index (χ1v) is 9.95. The van der Waals surface area contributed by atoms with E-state index in [9.17, 15) is 13.2 Å². The van der Waals surface area contributed by atoms with Crippen molar-refractivity contribution in [2.75, 3.05) is 18.1 Å². The molecule has 0 bridgehead atoms. The number of nitrogens with one attached hydrogen (secondary N) is 1. The summed E-state index contributed by atoms with van der Waals surface area (Å²) < 4.78 is 25.8. The first kappa shape index (κ1) is 17.7. The van der Waals surface area contributed by atoms with Crippen molar-refractivity contribution in [2.45, 2.75) is 32.2 Å². The number of nitrogens with zero attached hydrogens (tertiary/aromatic N) is 4. The minimum atomic E-state index is -3.20. The number of amides is 1. The molecule has 1 fully saturated rings. The number of hydrogen-bond acceptors (Lipinski definition) is 5. The molecule has 0 aromatic carbocycles. The fourth-order valence-corrected chi connectivity index (χ4v) is 4.40. The van der Waals surface area contributed by atoms with E-state index in [1.807, 2.05) is 20.8 Å². The summed E-state index contributed by atoms with van der Waals surface area (Å²) in [7, 11) is -1.44. The van der Waals surface area contributed by atoms with Gasteiger partial charge in [0, 0.05) is 36.5 Å². The quantitative estimate of drug-likeness (QED) is 0.857. The molecule has 1 saturated heterocycles. The Labute approximate surface area is 147 Å². The van der Waals surface area contributed by atoms with E-state index in [4.69, 9.17) is 0 Å². The number of hydrogen-bond donors (Lipinski definition) is 1.